The number of piperazine rings is 1. The van der Waals surface area contributed by atoms with Gasteiger partial charge in [0.2, 0.25) is 5.91 Å². The minimum atomic E-state index is 0.202. The maximum atomic E-state index is 12.5. The molecule has 4 heteroatoms. The summed E-state index contributed by atoms with van der Waals surface area (Å²) in [6.45, 7) is 6.02. The highest BCUT2D eigenvalue weighted by atomic mass is 16.2. The maximum Gasteiger partial charge on any atom is 0.240 e. The molecule has 4 nitrogen and oxygen atoms in total. The van der Waals surface area contributed by atoms with Crippen molar-refractivity contribution in [2.24, 2.45) is 5.92 Å². The fourth-order valence-electron chi connectivity index (χ4n) is 3.05. The van der Waals surface area contributed by atoms with Crippen molar-refractivity contribution in [2.45, 2.75) is 31.7 Å². The van der Waals surface area contributed by atoms with E-state index in [2.05, 4.69) is 15.1 Å². The van der Waals surface area contributed by atoms with E-state index < -0.39 is 0 Å². The Hall–Kier alpha value is -0.610. The summed E-state index contributed by atoms with van der Waals surface area (Å²) in [6, 6.07) is 0.202. The van der Waals surface area contributed by atoms with Gasteiger partial charge in [-0.05, 0) is 38.1 Å². The molecule has 3 aliphatic rings. The van der Waals surface area contributed by atoms with Gasteiger partial charge in [0.25, 0.3) is 0 Å². The highest BCUT2D eigenvalue weighted by Gasteiger charge is 2.36. The van der Waals surface area contributed by atoms with E-state index in [-0.39, 0.29) is 6.04 Å². The molecule has 0 aromatic rings. The highest BCUT2D eigenvalue weighted by Crippen LogP contribution is 2.32. The van der Waals surface area contributed by atoms with Crippen molar-refractivity contribution in [2.75, 3.05) is 39.3 Å². The molecule has 0 aromatic heterocycles. The Morgan fingerprint density at radius 1 is 1.12 bits per heavy atom. The van der Waals surface area contributed by atoms with Crippen LogP contribution >= 0.6 is 0 Å². The fourth-order valence-corrected chi connectivity index (χ4v) is 3.05. The summed E-state index contributed by atoms with van der Waals surface area (Å²) in [5, 5.41) is 3.31. The molecule has 17 heavy (non-hydrogen) atoms. The summed E-state index contributed by atoms with van der Waals surface area (Å²) in [6.07, 6.45) is 5.04. The molecule has 2 saturated heterocycles. The van der Waals surface area contributed by atoms with Crippen LogP contribution < -0.4 is 5.32 Å². The van der Waals surface area contributed by atoms with E-state index in [1.165, 1.54) is 25.8 Å². The second kappa shape index (κ2) is 4.94. The predicted molar refractivity (Wildman–Crippen MR) is 66.8 cm³/mol. The summed E-state index contributed by atoms with van der Waals surface area (Å²) in [5.41, 5.74) is 0. The number of rotatable bonds is 3. The number of hydrogen-bond acceptors (Lipinski definition) is 3. The van der Waals surface area contributed by atoms with Crippen molar-refractivity contribution < 1.29 is 4.79 Å². The Morgan fingerprint density at radius 3 is 2.59 bits per heavy atom. The van der Waals surface area contributed by atoms with Crippen LogP contribution in [0.1, 0.15) is 25.7 Å². The van der Waals surface area contributed by atoms with Gasteiger partial charge in [0, 0.05) is 32.7 Å². The molecule has 1 atom stereocenters. The van der Waals surface area contributed by atoms with E-state index in [1.807, 2.05) is 0 Å². The Balaban J connectivity index is 1.58. The average molecular weight is 237 g/mol. The van der Waals surface area contributed by atoms with Crippen LogP contribution in [-0.2, 0) is 4.79 Å². The van der Waals surface area contributed by atoms with Crippen LogP contribution in [-0.4, -0.2) is 61.0 Å². The van der Waals surface area contributed by atoms with Gasteiger partial charge in [0.1, 0.15) is 0 Å². The van der Waals surface area contributed by atoms with Crippen LogP contribution in [0.5, 0.6) is 0 Å². The first kappa shape index (κ1) is 11.5. The fraction of sp³-hybridized carbons (Fsp3) is 0.923. The monoisotopic (exact) mass is 237 g/mol. The van der Waals surface area contributed by atoms with Gasteiger partial charge < -0.3 is 10.2 Å². The molecule has 96 valence electrons. The molecular formula is C13H23N3O. The highest BCUT2D eigenvalue weighted by molar-refractivity contribution is 5.82. The first-order chi connectivity index (χ1) is 8.34. The molecule has 1 N–H and O–H groups in total. The molecule has 3 rings (SSSR count). The van der Waals surface area contributed by atoms with Crippen LogP contribution in [0.25, 0.3) is 0 Å². The molecule has 1 saturated carbocycles. The van der Waals surface area contributed by atoms with Crippen LogP contribution in [0.4, 0.5) is 0 Å². The van der Waals surface area contributed by atoms with E-state index in [0.717, 1.165) is 45.1 Å². The lowest BCUT2D eigenvalue weighted by Crippen LogP contribution is -2.52. The van der Waals surface area contributed by atoms with E-state index >= 15 is 0 Å². The van der Waals surface area contributed by atoms with Crippen molar-refractivity contribution in [3.63, 3.8) is 0 Å². The van der Waals surface area contributed by atoms with E-state index in [9.17, 15) is 4.79 Å². The average Bonchev–Trinajstić information content (AvgIpc) is 3.06. The number of hydrogen-bond donors (Lipinski definition) is 1. The van der Waals surface area contributed by atoms with Gasteiger partial charge in [-0.3, -0.25) is 9.69 Å². The largest absolute Gasteiger partial charge is 0.339 e. The standard InChI is InChI=1S/C13H23N3O/c17-13(15-8-5-14-6-9-15)12-2-1-7-16(12)10-11-3-4-11/h11-12,14H,1-10H2. The van der Waals surface area contributed by atoms with Gasteiger partial charge >= 0.3 is 0 Å². The van der Waals surface area contributed by atoms with E-state index in [1.54, 1.807) is 0 Å². The van der Waals surface area contributed by atoms with Gasteiger partial charge in [-0.15, -0.1) is 0 Å². The SMILES string of the molecule is O=C(C1CCCN1CC1CC1)N1CCNCC1. The molecule has 1 amide bonds. The molecule has 2 aliphatic heterocycles. The maximum absolute atomic E-state index is 12.5. The zero-order valence-corrected chi connectivity index (χ0v) is 10.5. The molecule has 0 bridgehead atoms. The minimum Gasteiger partial charge on any atom is -0.339 e. The van der Waals surface area contributed by atoms with Crippen molar-refractivity contribution in [3.05, 3.63) is 0 Å². The van der Waals surface area contributed by atoms with Crippen LogP contribution in [0.3, 0.4) is 0 Å². The Bertz CT molecular complexity index is 284. The first-order valence-electron chi connectivity index (χ1n) is 7.08. The quantitative estimate of drug-likeness (QED) is 0.766. The summed E-state index contributed by atoms with van der Waals surface area (Å²) in [7, 11) is 0. The lowest BCUT2D eigenvalue weighted by atomic mass is 10.1. The van der Waals surface area contributed by atoms with Crippen molar-refractivity contribution in [1.82, 2.24) is 15.1 Å². The van der Waals surface area contributed by atoms with Gasteiger partial charge in [0.05, 0.1) is 6.04 Å². The topological polar surface area (TPSA) is 35.6 Å². The number of carbonyl (C=O) groups is 1. The number of amides is 1. The van der Waals surface area contributed by atoms with Crippen LogP contribution in [0.2, 0.25) is 0 Å². The Morgan fingerprint density at radius 2 is 1.88 bits per heavy atom. The smallest absolute Gasteiger partial charge is 0.240 e. The molecule has 3 fully saturated rings. The molecule has 0 radical (unpaired) electrons. The lowest BCUT2D eigenvalue weighted by Gasteiger charge is -2.33. The zero-order valence-electron chi connectivity index (χ0n) is 10.5. The Kier molecular flexibility index (Phi) is 3.34. The normalized spacial score (nSPS) is 30.8. The second-order valence-corrected chi connectivity index (χ2v) is 5.67. The minimum absolute atomic E-state index is 0.202. The number of nitrogens with one attached hydrogen (secondary N) is 1. The number of carbonyl (C=O) groups excluding carboxylic acids is 1. The third-order valence-corrected chi connectivity index (χ3v) is 4.27. The molecular weight excluding hydrogens is 214 g/mol. The molecule has 1 aliphatic carbocycles. The summed E-state index contributed by atoms with van der Waals surface area (Å²) in [5.74, 6) is 1.29. The van der Waals surface area contributed by atoms with E-state index in [4.69, 9.17) is 0 Å². The molecule has 0 spiro atoms. The van der Waals surface area contributed by atoms with Gasteiger partial charge in [-0.1, -0.05) is 0 Å². The molecule has 2 heterocycles. The van der Waals surface area contributed by atoms with Gasteiger partial charge in [-0.2, -0.15) is 0 Å². The van der Waals surface area contributed by atoms with Crippen molar-refractivity contribution in [1.29, 1.82) is 0 Å². The van der Waals surface area contributed by atoms with Crippen molar-refractivity contribution >= 4 is 5.91 Å². The first-order valence-corrected chi connectivity index (χ1v) is 7.08. The summed E-state index contributed by atoms with van der Waals surface area (Å²) < 4.78 is 0. The number of likely N-dealkylation sites (tertiary alicyclic amines) is 1. The Labute approximate surface area is 103 Å². The van der Waals surface area contributed by atoms with Crippen molar-refractivity contribution in [3.8, 4) is 0 Å². The van der Waals surface area contributed by atoms with Crippen LogP contribution in [0, 0.1) is 5.92 Å². The summed E-state index contributed by atoms with van der Waals surface area (Å²) >= 11 is 0. The molecule has 1 unspecified atom stereocenters. The third kappa shape index (κ3) is 2.63. The predicted octanol–water partition coefficient (Wildman–Crippen LogP) is 0.293. The summed E-state index contributed by atoms with van der Waals surface area (Å²) in [4.78, 5) is 17.0. The van der Waals surface area contributed by atoms with Gasteiger partial charge in [-0.25, -0.2) is 0 Å². The number of nitrogens with zero attached hydrogens (tertiary/aromatic N) is 2. The van der Waals surface area contributed by atoms with E-state index in [0.29, 0.717) is 5.91 Å². The third-order valence-electron chi connectivity index (χ3n) is 4.27. The second-order valence-electron chi connectivity index (χ2n) is 5.67. The van der Waals surface area contributed by atoms with Gasteiger partial charge in [0.15, 0.2) is 0 Å². The molecule has 0 aromatic carbocycles. The van der Waals surface area contributed by atoms with Crippen LogP contribution in [0.15, 0.2) is 0 Å². The zero-order chi connectivity index (χ0) is 11.7. The lowest BCUT2D eigenvalue weighted by molar-refractivity contribution is -0.136.